The molecule has 0 saturated carbocycles. The molecule has 3 aromatic rings. The second-order valence-corrected chi connectivity index (χ2v) is 6.89. The van der Waals surface area contributed by atoms with Gasteiger partial charge in [0.2, 0.25) is 0 Å². The summed E-state index contributed by atoms with van der Waals surface area (Å²) in [6, 6.07) is 17.0. The maximum Gasteiger partial charge on any atom is 0.347 e. The van der Waals surface area contributed by atoms with Gasteiger partial charge in [0.05, 0.1) is 6.20 Å². The Hall–Kier alpha value is -2.64. The van der Waals surface area contributed by atoms with Gasteiger partial charge in [-0.2, -0.15) is 9.97 Å². The van der Waals surface area contributed by atoms with Crippen molar-refractivity contribution in [2.45, 2.75) is 11.4 Å². The fraction of sp³-hybridized carbons (Fsp3) is 0.105. The van der Waals surface area contributed by atoms with Crippen LogP contribution in [0.3, 0.4) is 0 Å². The summed E-state index contributed by atoms with van der Waals surface area (Å²) in [5.41, 5.74) is 2.54. The number of aromatic nitrogens is 2. The molecule has 0 fully saturated rings. The molecule has 0 saturated heterocycles. The second kappa shape index (κ2) is 9.34. The summed E-state index contributed by atoms with van der Waals surface area (Å²) in [7, 11) is 1.75. The fourth-order valence-electron chi connectivity index (χ4n) is 2.25. The topological polar surface area (TPSA) is 50.6 Å². The molecule has 0 aliphatic carbocycles. The fourth-order valence-corrected chi connectivity index (χ4v) is 2.88. The Bertz CT molecular complexity index is 909. The Kier molecular flexibility index (Phi) is 6.62. The van der Waals surface area contributed by atoms with Crippen LogP contribution in [0.2, 0.25) is 5.02 Å². The molecule has 0 atom stereocenters. The van der Waals surface area contributed by atoms with E-state index in [9.17, 15) is 4.39 Å². The second-order valence-electron chi connectivity index (χ2n) is 5.54. The van der Waals surface area contributed by atoms with Gasteiger partial charge < -0.3 is 9.74 Å². The Balaban J connectivity index is 1.62. The van der Waals surface area contributed by atoms with E-state index < -0.39 is 5.82 Å². The summed E-state index contributed by atoms with van der Waals surface area (Å²) in [4.78, 5) is 15.7. The third-order valence-electron chi connectivity index (χ3n) is 3.51. The van der Waals surface area contributed by atoms with Crippen molar-refractivity contribution in [3.8, 4) is 6.01 Å². The lowest BCUT2D eigenvalue weighted by atomic mass is 10.2. The van der Waals surface area contributed by atoms with Gasteiger partial charge in [-0.1, -0.05) is 58.9 Å². The Morgan fingerprint density at radius 3 is 2.67 bits per heavy atom. The predicted octanol–water partition coefficient (Wildman–Crippen LogP) is 5.02. The van der Waals surface area contributed by atoms with Crippen LogP contribution in [0.5, 0.6) is 6.01 Å². The molecule has 0 amide bonds. The van der Waals surface area contributed by atoms with Crippen molar-refractivity contribution in [2.24, 2.45) is 5.16 Å². The molecule has 8 heteroatoms. The molecule has 2 aromatic carbocycles. The highest BCUT2D eigenvalue weighted by atomic mass is 35.5. The van der Waals surface area contributed by atoms with Gasteiger partial charge >= 0.3 is 6.01 Å². The summed E-state index contributed by atoms with van der Waals surface area (Å²) in [6.45, 7) is 0.504. The maximum atomic E-state index is 14.1. The van der Waals surface area contributed by atoms with Crippen molar-refractivity contribution >= 4 is 34.7 Å². The van der Waals surface area contributed by atoms with Crippen LogP contribution in [0.15, 0.2) is 70.8 Å². The Morgan fingerprint density at radius 1 is 1.19 bits per heavy atom. The van der Waals surface area contributed by atoms with Gasteiger partial charge in [-0.15, -0.1) is 0 Å². The lowest BCUT2D eigenvalue weighted by Gasteiger charge is -2.18. The van der Waals surface area contributed by atoms with E-state index in [4.69, 9.17) is 16.4 Å². The first-order valence-corrected chi connectivity index (χ1v) is 9.26. The average molecular weight is 403 g/mol. The standard InChI is InChI=1S/C19H16ClFN4OS/c1-25(12-14-5-3-2-4-6-14)18-17(21)11-22-19(24-18)26-23-13-27-16-9-7-15(20)8-10-16/h2-11,13H,12H2,1H3. The molecule has 0 aliphatic heterocycles. The van der Waals surface area contributed by atoms with Crippen LogP contribution in [0.25, 0.3) is 0 Å². The van der Waals surface area contributed by atoms with Gasteiger partial charge in [-0.05, 0) is 29.8 Å². The number of oxime groups is 1. The number of thioether (sulfide) groups is 1. The molecule has 0 spiro atoms. The Morgan fingerprint density at radius 2 is 1.93 bits per heavy atom. The quantitative estimate of drug-likeness (QED) is 0.240. The van der Waals surface area contributed by atoms with Gasteiger partial charge in [0.25, 0.3) is 0 Å². The van der Waals surface area contributed by atoms with E-state index in [0.29, 0.717) is 11.6 Å². The monoisotopic (exact) mass is 402 g/mol. The minimum absolute atomic E-state index is 0.0285. The van der Waals surface area contributed by atoms with Crippen molar-refractivity contribution in [3.63, 3.8) is 0 Å². The minimum Gasteiger partial charge on any atom is -0.353 e. The number of hydrogen-bond donors (Lipinski definition) is 0. The zero-order chi connectivity index (χ0) is 19.1. The van der Waals surface area contributed by atoms with Gasteiger partial charge in [0, 0.05) is 23.5 Å². The van der Waals surface area contributed by atoms with E-state index in [-0.39, 0.29) is 11.8 Å². The van der Waals surface area contributed by atoms with Crippen LogP contribution < -0.4 is 9.74 Å². The highest BCUT2D eigenvalue weighted by Crippen LogP contribution is 2.20. The van der Waals surface area contributed by atoms with E-state index in [1.54, 1.807) is 24.1 Å². The summed E-state index contributed by atoms with van der Waals surface area (Å²) < 4.78 is 14.1. The molecule has 0 bridgehead atoms. The molecule has 0 unspecified atom stereocenters. The molecule has 0 radical (unpaired) electrons. The number of rotatable bonds is 7. The van der Waals surface area contributed by atoms with Crippen molar-refractivity contribution in [2.75, 3.05) is 11.9 Å². The molecular formula is C19H16ClFN4OS. The molecule has 0 N–H and O–H groups in total. The number of hydrogen-bond acceptors (Lipinski definition) is 6. The van der Waals surface area contributed by atoms with Gasteiger partial charge in [0.1, 0.15) is 5.55 Å². The van der Waals surface area contributed by atoms with Crippen molar-refractivity contribution < 1.29 is 9.23 Å². The van der Waals surface area contributed by atoms with Crippen molar-refractivity contribution in [1.82, 2.24) is 9.97 Å². The maximum absolute atomic E-state index is 14.1. The summed E-state index contributed by atoms with van der Waals surface area (Å²) in [6.07, 6.45) is 1.07. The summed E-state index contributed by atoms with van der Waals surface area (Å²) >= 11 is 7.19. The van der Waals surface area contributed by atoms with E-state index in [2.05, 4.69) is 15.1 Å². The van der Waals surface area contributed by atoms with E-state index in [1.807, 2.05) is 42.5 Å². The van der Waals surface area contributed by atoms with Crippen LogP contribution in [0.4, 0.5) is 10.2 Å². The third kappa shape index (κ3) is 5.67. The van der Waals surface area contributed by atoms with E-state index in [0.717, 1.165) is 16.7 Å². The molecular weight excluding hydrogens is 387 g/mol. The number of benzene rings is 2. The summed E-state index contributed by atoms with van der Waals surface area (Å²) in [5, 5.41) is 4.48. The molecule has 5 nitrogen and oxygen atoms in total. The summed E-state index contributed by atoms with van der Waals surface area (Å²) in [5.74, 6) is -0.385. The van der Waals surface area contributed by atoms with E-state index >= 15 is 0 Å². The van der Waals surface area contributed by atoms with Crippen LogP contribution in [-0.2, 0) is 6.54 Å². The van der Waals surface area contributed by atoms with Gasteiger partial charge in [-0.3, -0.25) is 0 Å². The normalized spacial score (nSPS) is 10.9. The predicted molar refractivity (Wildman–Crippen MR) is 107 cm³/mol. The smallest absolute Gasteiger partial charge is 0.347 e. The number of anilines is 1. The van der Waals surface area contributed by atoms with Crippen molar-refractivity contribution in [3.05, 3.63) is 77.2 Å². The molecule has 27 heavy (non-hydrogen) atoms. The first kappa shape index (κ1) is 19.1. The highest BCUT2D eigenvalue weighted by Gasteiger charge is 2.13. The molecule has 0 aliphatic rings. The zero-order valence-corrected chi connectivity index (χ0v) is 16.0. The van der Waals surface area contributed by atoms with Gasteiger partial charge in [0.15, 0.2) is 11.6 Å². The van der Waals surface area contributed by atoms with Crippen molar-refractivity contribution in [1.29, 1.82) is 0 Å². The molecule has 3 rings (SSSR count). The Labute approximate surface area is 165 Å². The third-order valence-corrected chi connectivity index (χ3v) is 4.50. The lowest BCUT2D eigenvalue weighted by molar-refractivity contribution is 0.314. The largest absolute Gasteiger partial charge is 0.353 e. The minimum atomic E-state index is -0.528. The first-order valence-electron chi connectivity index (χ1n) is 8.00. The molecule has 1 heterocycles. The zero-order valence-electron chi connectivity index (χ0n) is 14.4. The van der Waals surface area contributed by atoms with Crippen LogP contribution in [0.1, 0.15) is 5.56 Å². The average Bonchev–Trinajstić information content (AvgIpc) is 2.68. The number of nitrogens with zero attached hydrogens (tertiary/aromatic N) is 4. The molecule has 1 aromatic heterocycles. The SMILES string of the molecule is CN(Cc1ccccc1)c1nc(ON=CSc2ccc(Cl)cc2)ncc1F. The molecule has 138 valence electrons. The number of halogens is 2. The van der Waals surface area contributed by atoms with Crippen LogP contribution in [-0.4, -0.2) is 22.6 Å². The lowest BCUT2D eigenvalue weighted by Crippen LogP contribution is -2.19. The van der Waals surface area contributed by atoms with Gasteiger partial charge in [-0.25, -0.2) is 4.39 Å². The van der Waals surface area contributed by atoms with Crippen LogP contribution >= 0.6 is 23.4 Å². The first-order chi connectivity index (χ1) is 13.1. The van der Waals surface area contributed by atoms with E-state index in [1.165, 1.54) is 17.3 Å². The highest BCUT2D eigenvalue weighted by molar-refractivity contribution is 8.12. The van der Waals surface area contributed by atoms with Crippen LogP contribution in [0, 0.1) is 5.82 Å².